The number of sulfonamides is 1. The summed E-state index contributed by atoms with van der Waals surface area (Å²) in [5.41, 5.74) is 1.79. The molecule has 0 radical (unpaired) electrons. The minimum absolute atomic E-state index is 0.210. The van der Waals surface area contributed by atoms with Gasteiger partial charge in [-0.05, 0) is 60.7 Å². The van der Waals surface area contributed by atoms with Gasteiger partial charge in [0.05, 0.1) is 10.6 Å². The van der Waals surface area contributed by atoms with Crippen LogP contribution in [0.5, 0.6) is 0 Å². The van der Waals surface area contributed by atoms with E-state index in [0.29, 0.717) is 35.5 Å². The molecule has 32 heavy (non-hydrogen) atoms. The zero-order chi connectivity index (χ0) is 23.0. The molecule has 2 aromatic carbocycles. The van der Waals surface area contributed by atoms with Gasteiger partial charge in [-0.1, -0.05) is 23.2 Å². The van der Waals surface area contributed by atoms with Crippen molar-refractivity contribution in [2.75, 3.05) is 49.2 Å². The lowest BCUT2D eigenvalue weighted by molar-refractivity contribution is 0.480. The third-order valence-electron chi connectivity index (χ3n) is 4.66. The van der Waals surface area contributed by atoms with Crippen molar-refractivity contribution in [3.05, 3.63) is 76.9 Å². The van der Waals surface area contributed by atoms with Gasteiger partial charge in [-0.2, -0.15) is 4.31 Å². The molecule has 0 saturated heterocycles. The van der Waals surface area contributed by atoms with Gasteiger partial charge in [0.1, 0.15) is 5.82 Å². The third-order valence-corrected chi connectivity index (χ3v) is 7.04. The lowest BCUT2D eigenvalue weighted by Crippen LogP contribution is -2.31. The van der Waals surface area contributed by atoms with Gasteiger partial charge in [-0.25, -0.2) is 13.4 Å². The molecular weight excluding hydrogens is 469 g/mol. The first-order chi connectivity index (χ1) is 15.4. The van der Waals surface area contributed by atoms with E-state index in [4.69, 9.17) is 23.2 Å². The van der Waals surface area contributed by atoms with Crippen molar-refractivity contribution >= 4 is 50.4 Å². The van der Waals surface area contributed by atoms with Gasteiger partial charge < -0.3 is 16.0 Å². The number of halogens is 2. The number of benzene rings is 2. The van der Waals surface area contributed by atoms with Gasteiger partial charge in [0, 0.05) is 55.2 Å². The number of nitrogens with one attached hydrogen (secondary N) is 3. The van der Waals surface area contributed by atoms with E-state index in [9.17, 15) is 8.42 Å². The summed E-state index contributed by atoms with van der Waals surface area (Å²) >= 11 is 11.7. The molecule has 0 bridgehead atoms. The number of anilines is 3. The molecule has 0 unspecified atom stereocenters. The summed E-state index contributed by atoms with van der Waals surface area (Å²) in [6.45, 7) is 2.06. The molecule has 10 heteroatoms. The predicted octanol–water partition coefficient (Wildman–Crippen LogP) is 4.65. The molecule has 0 atom stereocenters. The SMILES string of the molecule is CN(CCNc1cccnc1NCCNc1ccc(Cl)cc1)S(=O)(=O)c1ccc(Cl)cc1. The lowest BCUT2D eigenvalue weighted by Gasteiger charge is -2.19. The van der Waals surface area contributed by atoms with Crippen molar-refractivity contribution in [2.24, 2.45) is 0 Å². The van der Waals surface area contributed by atoms with E-state index in [-0.39, 0.29) is 11.4 Å². The zero-order valence-electron chi connectivity index (χ0n) is 17.6. The van der Waals surface area contributed by atoms with Crippen LogP contribution in [0.2, 0.25) is 10.0 Å². The first-order valence-corrected chi connectivity index (χ1v) is 12.2. The summed E-state index contributed by atoms with van der Waals surface area (Å²) in [5, 5.41) is 11.0. The molecule has 1 aromatic heterocycles. The zero-order valence-corrected chi connectivity index (χ0v) is 19.9. The number of nitrogens with zero attached hydrogens (tertiary/aromatic N) is 2. The van der Waals surface area contributed by atoms with E-state index in [1.807, 2.05) is 36.4 Å². The Morgan fingerprint density at radius 3 is 2.16 bits per heavy atom. The molecule has 0 aliphatic rings. The van der Waals surface area contributed by atoms with E-state index in [0.717, 1.165) is 11.4 Å². The molecule has 0 spiro atoms. The Hall–Kier alpha value is -2.52. The number of aromatic nitrogens is 1. The maximum absolute atomic E-state index is 12.7. The highest BCUT2D eigenvalue weighted by atomic mass is 35.5. The Morgan fingerprint density at radius 1 is 0.844 bits per heavy atom. The Morgan fingerprint density at radius 2 is 1.47 bits per heavy atom. The highest BCUT2D eigenvalue weighted by Crippen LogP contribution is 2.19. The van der Waals surface area contributed by atoms with Crippen molar-refractivity contribution in [3.63, 3.8) is 0 Å². The van der Waals surface area contributed by atoms with Crippen LogP contribution < -0.4 is 16.0 Å². The molecule has 0 amide bonds. The van der Waals surface area contributed by atoms with Crippen molar-refractivity contribution in [2.45, 2.75) is 4.90 Å². The second kappa shape index (κ2) is 11.4. The van der Waals surface area contributed by atoms with Crippen LogP contribution in [0.4, 0.5) is 17.2 Å². The molecule has 3 aromatic rings. The predicted molar refractivity (Wildman–Crippen MR) is 132 cm³/mol. The van der Waals surface area contributed by atoms with E-state index in [2.05, 4.69) is 20.9 Å². The molecule has 0 aliphatic carbocycles. The maximum atomic E-state index is 12.7. The maximum Gasteiger partial charge on any atom is 0.242 e. The second-order valence-electron chi connectivity index (χ2n) is 6.97. The summed E-state index contributed by atoms with van der Waals surface area (Å²) in [6, 6.07) is 17.4. The van der Waals surface area contributed by atoms with Gasteiger partial charge in [0.25, 0.3) is 0 Å². The van der Waals surface area contributed by atoms with Crippen LogP contribution in [-0.2, 0) is 10.0 Å². The fraction of sp³-hybridized carbons (Fsp3) is 0.227. The van der Waals surface area contributed by atoms with Gasteiger partial charge in [-0.3, -0.25) is 0 Å². The Kier molecular flexibility index (Phi) is 8.58. The largest absolute Gasteiger partial charge is 0.383 e. The molecular formula is C22H25Cl2N5O2S. The topological polar surface area (TPSA) is 86.4 Å². The average Bonchev–Trinajstić information content (AvgIpc) is 2.79. The Balaban J connectivity index is 1.49. The molecule has 3 N–H and O–H groups in total. The summed E-state index contributed by atoms with van der Waals surface area (Å²) in [5.74, 6) is 0.702. The Bertz CT molecular complexity index is 1110. The van der Waals surface area contributed by atoms with Crippen LogP contribution in [-0.4, -0.2) is 50.9 Å². The number of hydrogen-bond acceptors (Lipinski definition) is 6. The van der Waals surface area contributed by atoms with Gasteiger partial charge in [-0.15, -0.1) is 0 Å². The number of hydrogen-bond donors (Lipinski definition) is 3. The van der Waals surface area contributed by atoms with E-state index < -0.39 is 10.0 Å². The van der Waals surface area contributed by atoms with Crippen LogP contribution in [0.1, 0.15) is 0 Å². The first-order valence-electron chi connectivity index (χ1n) is 10.0. The summed E-state index contributed by atoms with van der Waals surface area (Å²) in [7, 11) is -2.03. The molecule has 170 valence electrons. The number of rotatable bonds is 11. The first kappa shape index (κ1) is 24.1. The third kappa shape index (κ3) is 6.74. The fourth-order valence-corrected chi connectivity index (χ4v) is 4.32. The van der Waals surface area contributed by atoms with Crippen molar-refractivity contribution in [1.82, 2.24) is 9.29 Å². The van der Waals surface area contributed by atoms with E-state index in [1.165, 1.54) is 16.4 Å². The highest BCUT2D eigenvalue weighted by Gasteiger charge is 2.20. The minimum atomic E-state index is -3.58. The Labute approximate surface area is 198 Å². The molecule has 0 saturated carbocycles. The molecule has 3 rings (SSSR count). The minimum Gasteiger partial charge on any atom is -0.383 e. The van der Waals surface area contributed by atoms with Gasteiger partial charge in [0.15, 0.2) is 0 Å². The smallest absolute Gasteiger partial charge is 0.242 e. The van der Waals surface area contributed by atoms with Crippen molar-refractivity contribution in [1.29, 1.82) is 0 Å². The van der Waals surface area contributed by atoms with Crippen LogP contribution in [0.3, 0.4) is 0 Å². The number of pyridine rings is 1. The van der Waals surface area contributed by atoms with E-state index in [1.54, 1.807) is 25.4 Å². The summed E-state index contributed by atoms with van der Waals surface area (Å²) in [6.07, 6.45) is 1.71. The van der Waals surface area contributed by atoms with Crippen LogP contribution in [0.25, 0.3) is 0 Å². The average molecular weight is 494 g/mol. The summed E-state index contributed by atoms with van der Waals surface area (Å²) in [4.78, 5) is 4.58. The van der Waals surface area contributed by atoms with Crippen LogP contribution in [0.15, 0.2) is 71.8 Å². The molecule has 7 nitrogen and oxygen atoms in total. The van der Waals surface area contributed by atoms with Gasteiger partial charge in [0.2, 0.25) is 10.0 Å². The molecule has 0 aliphatic heterocycles. The van der Waals surface area contributed by atoms with Crippen molar-refractivity contribution in [3.8, 4) is 0 Å². The molecule has 0 fully saturated rings. The highest BCUT2D eigenvalue weighted by molar-refractivity contribution is 7.89. The normalized spacial score (nSPS) is 11.4. The van der Waals surface area contributed by atoms with E-state index >= 15 is 0 Å². The second-order valence-corrected chi connectivity index (χ2v) is 9.89. The summed E-state index contributed by atoms with van der Waals surface area (Å²) < 4.78 is 26.7. The monoisotopic (exact) mass is 493 g/mol. The quantitative estimate of drug-likeness (QED) is 0.337. The van der Waals surface area contributed by atoms with Crippen molar-refractivity contribution < 1.29 is 8.42 Å². The van der Waals surface area contributed by atoms with Crippen LogP contribution in [0, 0.1) is 0 Å². The number of likely N-dealkylation sites (N-methyl/N-ethyl adjacent to an activating group) is 1. The van der Waals surface area contributed by atoms with Crippen LogP contribution >= 0.6 is 23.2 Å². The van der Waals surface area contributed by atoms with Gasteiger partial charge >= 0.3 is 0 Å². The molecule has 1 heterocycles. The standard InChI is InChI=1S/C22H25Cl2N5O2S/c1-29(32(30,31)20-10-6-18(24)7-11-20)16-15-26-21-3-2-12-27-22(21)28-14-13-25-19-8-4-17(23)5-9-19/h2-12,25-26H,13-16H2,1H3,(H,27,28). The fourth-order valence-electron chi connectivity index (χ4n) is 2.90. The lowest BCUT2D eigenvalue weighted by atomic mass is 10.3.